The Morgan fingerprint density at radius 2 is 2.05 bits per heavy atom. The monoisotopic (exact) mass is 291 g/mol. The molecule has 0 saturated carbocycles. The molecule has 2 aromatic rings. The fourth-order valence-electron chi connectivity index (χ4n) is 1.76. The van der Waals surface area contributed by atoms with Gasteiger partial charge in [0.1, 0.15) is 5.82 Å². The van der Waals surface area contributed by atoms with Crippen LogP contribution in [0.25, 0.3) is 0 Å². The van der Waals surface area contributed by atoms with Crippen molar-refractivity contribution >= 4 is 29.1 Å². The number of pyridine rings is 2. The average Bonchev–Trinajstić information content (AvgIpc) is 2.37. The van der Waals surface area contributed by atoms with Crippen molar-refractivity contribution in [2.75, 3.05) is 10.7 Å². The Hall–Kier alpha value is -2.18. The fourth-order valence-corrected chi connectivity index (χ4v) is 1.98. The molecule has 6 nitrogen and oxygen atoms in total. The molecule has 0 spiro atoms. The van der Waals surface area contributed by atoms with E-state index in [-0.39, 0.29) is 10.9 Å². The second-order valence-corrected chi connectivity index (χ2v) is 4.73. The summed E-state index contributed by atoms with van der Waals surface area (Å²) in [7, 11) is 0. The number of hydrogen-bond acceptors (Lipinski definition) is 5. The van der Waals surface area contributed by atoms with Crippen molar-refractivity contribution in [3.63, 3.8) is 0 Å². The molecule has 1 amide bonds. The molecule has 7 heteroatoms. The zero-order chi connectivity index (χ0) is 14.7. The molecule has 0 aromatic carbocycles. The van der Waals surface area contributed by atoms with Crippen LogP contribution in [-0.4, -0.2) is 15.9 Å². The first-order valence-electron chi connectivity index (χ1n) is 5.88. The van der Waals surface area contributed by atoms with E-state index in [1.54, 1.807) is 6.07 Å². The van der Waals surface area contributed by atoms with Crippen LogP contribution in [0, 0.1) is 13.8 Å². The van der Waals surface area contributed by atoms with E-state index in [9.17, 15) is 4.79 Å². The average molecular weight is 292 g/mol. The highest BCUT2D eigenvalue weighted by Crippen LogP contribution is 2.19. The third kappa shape index (κ3) is 3.23. The summed E-state index contributed by atoms with van der Waals surface area (Å²) >= 11 is 5.93. The van der Waals surface area contributed by atoms with Crippen molar-refractivity contribution in [3.8, 4) is 0 Å². The lowest BCUT2D eigenvalue weighted by Crippen LogP contribution is -2.15. The number of hydrazine groups is 1. The van der Waals surface area contributed by atoms with Crippen LogP contribution in [0.4, 0.5) is 11.6 Å². The number of anilines is 2. The SMILES string of the molecule is Cc1cc(C)nc(NC(=O)c2cnc(NN)c(Cl)c2)c1. The Labute approximate surface area is 121 Å². The molecule has 2 rings (SSSR count). The number of nitrogens with one attached hydrogen (secondary N) is 2. The van der Waals surface area contributed by atoms with Gasteiger partial charge in [-0.2, -0.15) is 0 Å². The van der Waals surface area contributed by atoms with Crippen molar-refractivity contribution in [1.82, 2.24) is 9.97 Å². The molecule has 4 N–H and O–H groups in total. The Balaban J connectivity index is 2.21. The minimum absolute atomic E-state index is 0.272. The van der Waals surface area contributed by atoms with Gasteiger partial charge >= 0.3 is 0 Å². The highest BCUT2D eigenvalue weighted by molar-refractivity contribution is 6.33. The van der Waals surface area contributed by atoms with E-state index in [4.69, 9.17) is 17.4 Å². The molecule has 0 aliphatic heterocycles. The summed E-state index contributed by atoms with van der Waals surface area (Å²) in [6.07, 6.45) is 1.39. The molecule has 0 bridgehead atoms. The molecule has 104 valence electrons. The Kier molecular flexibility index (Phi) is 4.16. The highest BCUT2D eigenvalue weighted by atomic mass is 35.5. The zero-order valence-electron chi connectivity index (χ0n) is 11.1. The molecule has 2 heterocycles. The molecular weight excluding hydrogens is 278 g/mol. The summed E-state index contributed by atoms with van der Waals surface area (Å²) in [5.41, 5.74) is 4.52. The van der Waals surface area contributed by atoms with Crippen LogP contribution in [0.15, 0.2) is 24.4 Å². The van der Waals surface area contributed by atoms with Gasteiger partial charge in [-0.25, -0.2) is 15.8 Å². The first-order chi connectivity index (χ1) is 9.49. The maximum atomic E-state index is 12.1. The van der Waals surface area contributed by atoms with Crippen LogP contribution < -0.4 is 16.6 Å². The van der Waals surface area contributed by atoms with E-state index in [1.165, 1.54) is 12.3 Å². The van der Waals surface area contributed by atoms with E-state index in [1.807, 2.05) is 19.9 Å². The van der Waals surface area contributed by atoms with Crippen LogP contribution in [0.3, 0.4) is 0 Å². The van der Waals surface area contributed by atoms with Gasteiger partial charge < -0.3 is 10.7 Å². The number of hydrogen-bond donors (Lipinski definition) is 3. The van der Waals surface area contributed by atoms with Crippen LogP contribution in [0.2, 0.25) is 5.02 Å². The van der Waals surface area contributed by atoms with E-state index >= 15 is 0 Å². The summed E-state index contributed by atoms with van der Waals surface area (Å²) in [4.78, 5) is 20.3. The molecule has 0 aliphatic carbocycles. The topological polar surface area (TPSA) is 92.9 Å². The molecule has 2 aromatic heterocycles. The summed E-state index contributed by atoms with van der Waals surface area (Å²) in [6, 6.07) is 5.20. The van der Waals surface area contributed by atoms with Crippen molar-refractivity contribution in [2.24, 2.45) is 5.84 Å². The number of amides is 1. The number of rotatable bonds is 3. The zero-order valence-corrected chi connectivity index (χ0v) is 11.8. The lowest BCUT2D eigenvalue weighted by atomic mass is 10.2. The molecule has 0 unspecified atom stereocenters. The van der Waals surface area contributed by atoms with Crippen molar-refractivity contribution in [1.29, 1.82) is 0 Å². The van der Waals surface area contributed by atoms with Crippen molar-refractivity contribution in [3.05, 3.63) is 46.2 Å². The van der Waals surface area contributed by atoms with Gasteiger partial charge in [-0.05, 0) is 37.6 Å². The van der Waals surface area contributed by atoms with Gasteiger partial charge in [0, 0.05) is 11.9 Å². The summed E-state index contributed by atoms with van der Waals surface area (Å²) in [6.45, 7) is 3.80. The lowest BCUT2D eigenvalue weighted by molar-refractivity contribution is 0.102. The number of halogens is 1. The molecular formula is C13H14ClN5O. The largest absolute Gasteiger partial charge is 0.307 e. The van der Waals surface area contributed by atoms with Gasteiger partial charge in [-0.1, -0.05) is 11.6 Å². The number of nitrogens with two attached hydrogens (primary N) is 1. The summed E-state index contributed by atoms with van der Waals surface area (Å²) in [5, 5.41) is 2.98. The Morgan fingerprint density at radius 1 is 1.30 bits per heavy atom. The molecule has 20 heavy (non-hydrogen) atoms. The van der Waals surface area contributed by atoms with Gasteiger partial charge in [0.15, 0.2) is 5.82 Å². The fraction of sp³-hybridized carbons (Fsp3) is 0.154. The first kappa shape index (κ1) is 14.2. The maximum Gasteiger partial charge on any atom is 0.258 e. The van der Waals surface area contributed by atoms with E-state index in [0.717, 1.165) is 11.3 Å². The molecule has 0 aliphatic rings. The normalized spacial score (nSPS) is 10.2. The highest BCUT2D eigenvalue weighted by Gasteiger charge is 2.10. The number of nitrogen functional groups attached to an aromatic ring is 1. The quantitative estimate of drug-likeness (QED) is 0.596. The third-order valence-electron chi connectivity index (χ3n) is 2.58. The number of aryl methyl sites for hydroxylation is 2. The van der Waals surface area contributed by atoms with Crippen LogP contribution in [-0.2, 0) is 0 Å². The second-order valence-electron chi connectivity index (χ2n) is 4.32. The second kappa shape index (κ2) is 5.85. The van der Waals surface area contributed by atoms with Gasteiger partial charge in [-0.3, -0.25) is 4.79 Å². The van der Waals surface area contributed by atoms with Crippen LogP contribution in [0.1, 0.15) is 21.6 Å². The summed E-state index contributed by atoms with van der Waals surface area (Å²) in [5.74, 6) is 5.70. The van der Waals surface area contributed by atoms with E-state index in [2.05, 4.69) is 20.7 Å². The predicted molar refractivity (Wildman–Crippen MR) is 78.7 cm³/mol. The maximum absolute atomic E-state index is 12.1. The minimum Gasteiger partial charge on any atom is -0.307 e. The Bertz CT molecular complexity index is 639. The number of nitrogens with zero attached hydrogens (tertiary/aromatic N) is 2. The van der Waals surface area contributed by atoms with Crippen LogP contribution in [0.5, 0.6) is 0 Å². The van der Waals surface area contributed by atoms with E-state index in [0.29, 0.717) is 17.2 Å². The molecule has 0 radical (unpaired) electrons. The van der Waals surface area contributed by atoms with Gasteiger partial charge in [0.2, 0.25) is 0 Å². The number of carbonyl (C=O) groups excluding carboxylic acids is 1. The smallest absolute Gasteiger partial charge is 0.258 e. The van der Waals surface area contributed by atoms with E-state index < -0.39 is 0 Å². The minimum atomic E-state index is -0.333. The molecule has 0 saturated heterocycles. The lowest BCUT2D eigenvalue weighted by Gasteiger charge is -2.08. The molecule has 0 fully saturated rings. The van der Waals surface area contributed by atoms with Crippen molar-refractivity contribution < 1.29 is 4.79 Å². The van der Waals surface area contributed by atoms with Gasteiger partial charge in [0.05, 0.1) is 10.6 Å². The first-order valence-corrected chi connectivity index (χ1v) is 6.26. The van der Waals surface area contributed by atoms with Gasteiger partial charge in [-0.15, -0.1) is 0 Å². The number of aromatic nitrogens is 2. The third-order valence-corrected chi connectivity index (χ3v) is 2.87. The standard InChI is InChI=1S/C13H14ClN5O/c1-7-3-8(2)17-11(4-7)18-13(20)9-5-10(14)12(19-15)16-6-9/h3-6H,15H2,1-2H3,(H,16,19)(H,17,18,20). The summed E-state index contributed by atoms with van der Waals surface area (Å²) < 4.78 is 0. The molecule has 0 atom stereocenters. The van der Waals surface area contributed by atoms with Gasteiger partial charge in [0.25, 0.3) is 5.91 Å². The number of carbonyl (C=O) groups is 1. The predicted octanol–water partition coefficient (Wildman–Crippen LogP) is 2.28. The van der Waals surface area contributed by atoms with Crippen LogP contribution >= 0.6 is 11.6 Å². The van der Waals surface area contributed by atoms with Crippen molar-refractivity contribution in [2.45, 2.75) is 13.8 Å². The Morgan fingerprint density at radius 3 is 2.65 bits per heavy atom.